The summed E-state index contributed by atoms with van der Waals surface area (Å²) in [7, 11) is 0. The number of aliphatic hydroxyl groups excluding tert-OH is 4. The van der Waals surface area contributed by atoms with Crippen LogP contribution >= 0.6 is 0 Å². The zero-order chi connectivity index (χ0) is 27.0. The van der Waals surface area contributed by atoms with Gasteiger partial charge >= 0.3 is 5.97 Å². The second kappa shape index (κ2) is 9.36. The van der Waals surface area contributed by atoms with Gasteiger partial charge in [0, 0.05) is 11.5 Å². The van der Waals surface area contributed by atoms with Crippen LogP contribution in [-0.4, -0.2) is 87.1 Å². The molecule has 4 aliphatic carbocycles. The second-order valence-electron chi connectivity index (χ2n) is 13.1. The maximum Gasteiger partial charge on any atom is 0.331 e. The van der Waals surface area contributed by atoms with Gasteiger partial charge in [0.05, 0.1) is 18.3 Å². The van der Waals surface area contributed by atoms with Gasteiger partial charge in [-0.25, -0.2) is 4.79 Å². The quantitative estimate of drug-likeness (QED) is 0.266. The fraction of sp³-hybridized carbons (Fsp3) is 0.828. The van der Waals surface area contributed by atoms with Crippen LogP contribution in [0.4, 0.5) is 0 Å². The number of hydrogen-bond donors (Lipinski definition) is 5. The Labute approximate surface area is 223 Å². The Balaban J connectivity index is 1.19. The van der Waals surface area contributed by atoms with E-state index >= 15 is 0 Å². The maximum absolute atomic E-state index is 12.3. The Kier molecular flexibility index (Phi) is 6.62. The number of ether oxygens (including phenoxy) is 3. The molecule has 212 valence electrons. The average molecular weight is 535 g/mol. The lowest BCUT2D eigenvalue weighted by Crippen LogP contribution is -2.61. The number of allylic oxidation sites excluding steroid dienone is 1. The minimum atomic E-state index is -1.45. The van der Waals surface area contributed by atoms with E-state index in [1.807, 2.05) is 0 Å². The van der Waals surface area contributed by atoms with Crippen molar-refractivity contribution >= 4 is 5.97 Å². The second-order valence-corrected chi connectivity index (χ2v) is 13.1. The lowest BCUT2D eigenvalue weighted by Gasteiger charge is -2.61. The Hall–Kier alpha value is -1.33. The largest absolute Gasteiger partial charge is 0.458 e. The monoisotopic (exact) mass is 534 g/mol. The van der Waals surface area contributed by atoms with Gasteiger partial charge in [-0.1, -0.05) is 25.5 Å². The van der Waals surface area contributed by atoms with Crippen molar-refractivity contribution in [2.24, 2.45) is 28.6 Å². The minimum absolute atomic E-state index is 0.0565. The van der Waals surface area contributed by atoms with Crippen molar-refractivity contribution in [2.45, 2.75) is 108 Å². The van der Waals surface area contributed by atoms with Gasteiger partial charge in [0.2, 0.25) is 0 Å². The topological polar surface area (TPSA) is 146 Å². The van der Waals surface area contributed by atoms with Crippen molar-refractivity contribution in [3.05, 3.63) is 23.3 Å². The van der Waals surface area contributed by atoms with Gasteiger partial charge in [-0.05, 0) is 80.1 Å². The molecule has 5 N–H and O–H groups in total. The normalized spacial score (nSPS) is 52.4. The number of rotatable bonds is 4. The molecule has 6 aliphatic rings. The minimum Gasteiger partial charge on any atom is -0.458 e. The lowest BCUT2D eigenvalue weighted by atomic mass is 9.45. The summed E-state index contributed by atoms with van der Waals surface area (Å²) in [6.45, 7) is 4.41. The summed E-state index contributed by atoms with van der Waals surface area (Å²) in [6.07, 6.45) is 4.01. The molecular formula is C29H42O9. The van der Waals surface area contributed by atoms with E-state index in [1.165, 1.54) is 5.57 Å². The van der Waals surface area contributed by atoms with E-state index in [-0.39, 0.29) is 34.7 Å². The van der Waals surface area contributed by atoms with Crippen LogP contribution < -0.4 is 0 Å². The Morgan fingerprint density at radius 2 is 1.82 bits per heavy atom. The van der Waals surface area contributed by atoms with Gasteiger partial charge in [0.15, 0.2) is 6.29 Å². The predicted molar refractivity (Wildman–Crippen MR) is 134 cm³/mol. The average Bonchev–Trinajstić information content (AvgIpc) is 3.44. The molecule has 0 aromatic heterocycles. The zero-order valence-corrected chi connectivity index (χ0v) is 22.3. The third-order valence-corrected chi connectivity index (χ3v) is 11.6. The molecular weight excluding hydrogens is 492 g/mol. The molecule has 38 heavy (non-hydrogen) atoms. The van der Waals surface area contributed by atoms with Crippen LogP contribution in [0.15, 0.2) is 23.3 Å². The van der Waals surface area contributed by atoms with Crippen molar-refractivity contribution in [3.63, 3.8) is 0 Å². The molecule has 6 rings (SSSR count). The summed E-state index contributed by atoms with van der Waals surface area (Å²) in [4.78, 5) is 11.8. The van der Waals surface area contributed by atoms with Gasteiger partial charge in [-0.2, -0.15) is 0 Å². The highest BCUT2D eigenvalue weighted by molar-refractivity contribution is 5.85. The molecule has 0 unspecified atom stereocenters. The van der Waals surface area contributed by atoms with Crippen molar-refractivity contribution in [2.75, 3.05) is 13.2 Å². The molecule has 9 heteroatoms. The molecule has 1 saturated heterocycles. The summed E-state index contributed by atoms with van der Waals surface area (Å²) in [5.74, 6) is 0.401. The Morgan fingerprint density at radius 3 is 2.53 bits per heavy atom. The van der Waals surface area contributed by atoms with E-state index < -0.39 is 42.9 Å². The number of esters is 1. The van der Waals surface area contributed by atoms with Crippen LogP contribution in [0.5, 0.6) is 0 Å². The zero-order valence-electron chi connectivity index (χ0n) is 22.3. The Morgan fingerprint density at radius 1 is 1.03 bits per heavy atom. The van der Waals surface area contributed by atoms with Crippen LogP contribution in [0.1, 0.15) is 65.2 Å². The molecule has 0 aromatic carbocycles. The SMILES string of the molecule is C[C@]12CC[C@H](O[C@@H]3O[C@H](CO)[C@@H](O)[C@H](O)[C@H]3O)CC1=CC[C@@H]1[C@H]2CC[C@]2(C)[C@@H](C3=CC(=O)OC3)CC[C@]12O. The standard InChI is InChI=1S/C29H42O9/c1-27-8-5-17(37-26-25(34)24(33)23(32)21(13-30)38-26)12-16(27)3-4-20-19(27)6-9-28(2)18(7-10-29(20,28)35)15-11-22(31)36-14-15/h3,11,17-21,23-26,30,32-35H,4-10,12-14H2,1-2H3/t17-,18+,19+,20+,21+,23+,24-,25+,26+,27-,28+,29-/m0/s1. The van der Waals surface area contributed by atoms with Crippen LogP contribution in [0.2, 0.25) is 0 Å². The molecule has 0 spiro atoms. The number of carbonyl (C=O) groups is 1. The van der Waals surface area contributed by atoms with Crippen molar-refractivity contribution in [1.29, 1.82) is 0 Å². The lowest BCUT2D eigenvalue weighted by molar-refractivity contribution is -0.313. The van der Waals surface area contributed by atoms with Crippen LogP contribution in [0.3, 0.4) is 0 Å². The molecule has 0 amide bonds. The molecule has 0 bridgehead atoms. The number of hydrogen-bond acceptors (Lipinski definition) is 9. The van der Waals surface area contributed by atoms with E-state index in [9.17, 15) is 30.3 Å². The highest BCUT2D eigenvalue weighted by Crippen LogP contribution is 2.69. The molecule has 4 fully saturated rings. The van der Waals surface area contributed by atoms with E-state index in [0.29, 0.717) is 18.9 Å². The first kappa shape index (κ1) is 26.9. The molecule has 12 atom stereocenters. The van der Waals surface area contributed by atoms with Crippen molar-refractivity contribution < 1.29 is 44.5 Å². The van der Waals surface area contributed by atoms with Crippen molar-refractivity contribution in [3.8, 4) is 0 Å². The number of aliphatic hydroxyl groups is 5. The number of carbonyl (C=O) groups excluding carboxylic acids is 1. The van der Waals surface area contributed by atoms with Crippen LogP contribution in [0, 0.1) is 28.6 Å². The molecule has 2 heterocycles. The molecule has 9 nitrogen and oxygen atoms in total. The molecule has 0 radical (unpaired) electrons. The third kappa shape index (κ3) is 3.80. The van der Waals surface area contributed by atoms with Gasteiger partial charge in [0.25, 0.3) is 0 Å². The number of cyclic esters (lactones) is 1. The summed E-state index contributed by atoms with van der Waals surface area (Å²) in [5, 5.41) is 52.5. The summed E-state index contributed by atoms with van der Waals surface area (Å²) >= 11 is 0. The number of fused-ring (bicyclic) bond motifs is 5. The van der Waals surface area contributed by atoms with Gasteiger partial charge in [-0.15, -0.1) is 0 Å². The van der Waals surface area contributed by atoms with Crippen LogP contribution in [-0.2, 0) is 19.0 Å². The van der Waals surface area contributed by atoms with Crippen LogP contribution in [0.25, 0.3) is 0 Å². The van der Waals surface area contributed by atoms with E-state index in [4.69, 9.17) is 14.2 Å². The highest BCUT2D eigenvalue weighted by Gasteiger charge is 2.67. The Bertz CT molecular complexity index is 1020. The summed E-state index contributed by atoms with van der Waals surface area (Å²) in [6, 6.07) is 0. The first-order valence-corrected chi connectivity index (χ1v) is 14.3. The predicted octanol–water partition coefficient (Wildman–Crippen LogP) is 1.35. The smallest absolute Gasteiger partial charge is 0.331 e. The third-order valence-electron chi connectivity index (χ3n) is 11.6. The summed E-state index contributed by atoms with van der Waals surface area (Å²) < 4.78 is 16.9. The first-order chi connectivity index (χ1) is 18.0. The van der Waals surface area contributed by atoms with Crippen molar-refractivity contribution in [1.82, 2.24) is 0 Å². The molecule has 2 aliphatic heterocycles. The summed E-state index contributed by atoms with van der Waals surface area (Å²) in [5.41, 5.74) is 1.23. The highest BCUT2D eigenvalue weighted by atomic mass is 16.7. The van der Waals surface area contributed by atoms with E-state index in [0.717, 1.165) is 50.5 Å². The maximum atomic E-state index is 12.3. The molecule has 0 aromatic rings. The fourth-order valence-corrected chi connectivity index (χ4v) is 9.26. The van der Waals surface area contributed by atoms with Gasteiger partial charge in [-0.3, -0.25) is 0 Å². The molecule has 3 saturated carbocycles. The van der Waals surface area contributed by atoms with Gasteiger partial charge < -0.3 is 39.7 Å². The van der Waals surface area contributed by atoms with E-state index in [1.54, 1.807) is 6.08 Å². The van der Waals surface area contributed by atoms with E-state index in [2.05, 4.69) is 19.9 Å². The first-order valence-electron chi connectivity index (χ1n) is 14.3. The van der Waals surface area contributed by atoms with Gasteiger partial charge in [0.1, 0.15) is 31.0 Å². The fourth-order valence-electron chi connectivity index (χ4n) is 9.26.